The lowest BCUT2D eigenvalue weighted by atomic mass is 9.84. The summed E-state index contributed by atoms with van der Waals surface area (Å²) >= 11 is 1.26. The number of hydrogen-bond acceptors (Lipinski definition) is 8. The number of carbonyl (C=O) groups excluding carboxylic acids is 1. The Morgan fingerprint density at radius 2 is 1.84 bits per heavy atom. The molecule has 0 fully saturated rings. The first-order valence-corrected chi connectivity index (χ1v) is 12.3. The van der Waals surface area contributed by atoms with Gasteiger partial charge in [-0.1, -0.05) is 16.9 Å². The van der Waals surface area contributed by atoms with E-state index in [1.54, 1.807) is 41.5 Å². The zero-order valence-corrected chi connectivity index (χ0v) is 22.0. The van der Waals surface area contributed by atoms with Gasteiger partial charge in [0.05, 0.1) is 11.2 Å². The van der Waals surface area contributed by atoms with E-state index in [-0.39, 0.29) is 33.5 Å². The van der Waals surface area contributed by atoms with Crippen molar-refractivity contribution in [2.45, 2.75) is 64.4 Å². The van der Waals surface area contributed by atoms with Gasteiger partial charge < -0.3 is 9.26 Å². The minimum absolute atomic E-state index is 0.0124. The Morgan fingerprint density at radius 3 is 2.43 bits per heavy atom. The van der Waals surface area contributed by atoms with Crippen molar-refractivity contribution in [3.05, 3.63) is 64.8 Å². The van der Waals surface area contributed by atoms with Gasteiger partial charge in [0.25, 0.3) is 0 Å². The maximum atomic E-state index is 15.3. The Labute approximate surface area is 216 Å². The van der Waals surface area contributed by atoms with E-state index >= 15 is 4.39 Å². The molecule has 1 amide bonds. The molecule has 37 heavy (non-hydrogen) atoms. The highest BCUT2D eigenvalue weighted by atomic mass is 32.2. The average molecular weight is 534 g/mol. The van der Waals surface area contributed by atoms with E-state index in [2.05, 4.69) is 25.4 Å². The molecule has 4 rings (SSSR count). The molecule has 3 heterocycles. The van der Waals surface area contributed by atoms with Crippen molar-refractivity contribution in [2.24, 2.45) is 4.99 Å². The molecular formula is C25H26F3N5O3S. The number of amides is 1. The highest BCUT2D eigenvalue weighted by Gasteiger charge is 2.41. The molecule has 0 radical (unpaired) electrons. The van der Waals surface area contributed by atoms with Crippen LogP contribution in [0.25, 0.3) is 11.1 Å². The fourth-order valence-electron chi connectivity index (χ4n) is 4.20. The number of halogens is 3. The summed E-state index contributed by atoms with van der Waals surface area (Å²) in [5.74, 6) is -1.10. The summed E-state index contributed by atoms with van der Waals surface area (Å²) in [5.41, 5.74) is -0.306. The topological polar surface area (TPSA) is 103 Å². The number of rotatable bonds is 3. The molecule has 0 aliphatic carbocycles. The van der Waals surface area contributed by atoms with Crippen LogP contribution in [0.15, 0.2) is 34.0 Å². The van der Waals surface area contributed by atoms with Crippen molar-refractivity contribution in [3.63, 3.8) is 0 Å². The van der Waals surface area contributed by atoms with Crippen LogP contribution in [-0.4, -0.2) is 32.0 Å². The number of amidine groups is 1. The van der Waals surface area contributed by atoms with Crippen molar-refractivity contribution >= 4 is 23.0 Å². The maximum Gasteiger partial charge on any atom is 0.413 e. The molecule has 1 aliphatic rings. The van der Waals surface area contributed by atoms with E-state index in [0.717, 1.165) is 24.0 Å². The Kier molecular flexibility index (Phi) is 7.06. The van der Waals surface area contributed by atoms with Gasteiger partial charge in [-0.3, -0.25) is 10.3 Å². The number of hydrogen-bond donors (Lipinski definition) is 1. The fraction of sp³-hybridized carbons (Fsp3) is 0.400. The molecule has 0 unspecified atom stereocenters. The monoisotopic (exact) mass is 533 g/mol. The molecule has 12 heteroatoms. The second-order valence-electron chi connectivity index (χ2n) is 9.92. The highest BCUT2D eigenvalue weighted by molar-refractivity contribution is 8.14. The molecule has 0 saturated carbocycles. The van der Waals surface area contributed by atoms with Crippen LogP contribution in [0.5, 0.6) is 0 Å². The Balaban J connectivity index is 1.81. The average Bonchev–Trinajstić information content (AvgIpc) is 3.10. The van der Waals surface area contributed by atoms with Crippen LogP contribution in [0.1, 0.15) is 61.9 Å². The fourth-order valence-corrected chi connectivity index (χ4v) is 5.73. The Morgan fingerprint density at radius 1 is 1.16 bits per heavy atom. The van der Waals surface area contributed by atoms with Crippen LogP contribution in [0, 0.1) is 31.6 Å². The van der Waals surface area contributed by atoms with Crippen molar-refractivity contribution in [3.8, 4) is 11.1 Å². The molecule has 2 aromatic heterocycles. The van der Waals surface area contributed by atoms with Crippen LogP contribution in [0.2, 0.25) is 0 Å². The lowest BCUT2D eigenvalue weighted by Crippen LogP contribution is -2.39. The van der Waals surface area contributed by atoms with E-state index in [4.69, 9.17) is 9.26 Å². The lowest BCUT2D eigenvalue weighted by Gasteiger charge is -2.36. The summed E-state index contributed by atoms with van der Waals surface area (Å²) in [4.78, 5) is 24.2. The molecule has 0 spiro atoms. The second-order valence-corrected chi connectivity index (χ2v) is 11.1. The number of nitrogens with one attached hydrogen (secondary N) is 1. The Hall–Kier alpha value is -3.41. The van der Waals surface area contributed by atoms with Gasteiger partial charge in [0, 0.05) is 46.0 Å². The van der Waals surface area contributed by atoms with Gasteiger partial charge in [-0.2, -0.15) is 4.39 Å². The summed E-state index contributed by atoms with van der Waals surface area (Å²) in [6.45, 7) is 10.4. The van der Waals surface area contributed by atoms with Crippen molar-refractivity contribution in [2.75, 3.05) is 0 Å². The number of aryl methyl sites for hydroxylation is 2. The number of nitrogens with zero attached hydrogens (tertiary/aromatic N) is 4. The number of carbonyl (C=O) groups is 1. The van der Waals surface area contributed by atoms with Gasteiger partial charge in [-0.15, -0.1) is 0 Å². The number of ether oxygens (including phenoxy) is 1. The van der Waals surface area contributed by atoms with Gasteiger partial charge in [0.15, 0.2) is 5.17 Å². The minimum Gasteiger partial charge on any atom is -0.444 e. The smallest absolute Gasteiger partial charge is 0.413 e. The van der Waals surface area contributed by atoms with Crippen molar-refractivity contribution < 1.29 is 27.2 Å². The predicted molar refractivity (Wildman–Crippen MR) is 132 cm³/mol. The predicted octanol–water partition coefficient (Wildman–Crippen LogP) is 6.14. The molecule has 196 valence electrons. The third-order valence-electron chi connectivity index (χ3n) is 5.77. The first-order valence-electron chi connectivity index (χ1n) is 11.4. The molecule has 1 aliphatic heterocycles. The van der Waals surface area contributed by atoms with Crippen LogP contribution in [-0.2, 0) is 10.3 Å². The number of alkyl carbamates (subject to hydrolysis) is 1. The standard InChI is InChI=1S/C25H26F3N5O3S/c1-12-20(13(2)36-33-12)19-9-25(6,32-22(37-19)31-23(34)35-24(3,4)5)16-7-15(17(26)8-18(16)27)14-10-29-21(28)30-11-14/h7-8,10-11,19H,9H2,1-6H3,(H,31,32,34)/t19-,25-/m0/s1. The summed E-state index contributed by atoms with van der Waals surface area (Å²) in [7, 11) is 0. The van der Waals surface area contributed by atoms with E-state index in [1.165, 1.54) is 17.8 Å². The van der Waals surface area contributed by atoms with Crippen LogP contribution < -0.4 is 5.32 Å². The number of aliphatic imine (C=N–C) groups is 1. The summed E-state index contributed by atoms with van der Waals surface area (Å²) in [6, 6.07) is 2.07. The zero-order valence-electron chi connectivity index (χ0n) is 21.1. The van der Waals surface area contributed by atoms with Gasteiger partial charge in [0.2, 0.25) is 0 Å². The van der Waals surface area contributed by atoms with E-state index in [9.17, 15) is 13.6 Å². The van der Waals surface area contributed by atoms with E-state index < -0.39 is 34.9 Å². The number of thioether (sulfide) groups is 1. The number of aromatic nitrogens is 3. The summed E-state index contributed by atoms with van der Waals surface area (Å²) in [6.07, 6.45) is 0.832. The molecule has 1 N–H and O–H groups in total. The quantitative estimate of drug-likeness (QED) is 0.404. The van der Waals surface area contributed by atoms with Gasteiger partial charge >= 0.3 is 12.2 Å². The van der Waals surface area contributed by atoms with Gasteiger partial charge in [-0.05, 0) is 54.0 Å². The first kappa shape index (κ1) is 26.6. The number of benzene rings is 1. The van der Waals surface area contributed by atoms with Gasteiger partial charge in [-0.25, -0.2) is 23.5 Å². The molecule has 2 atom stereocenters. The molecular weight excluding hydrogens is 507 g/mol. The third kappa shape index (κ3) is 5.79. The minimum atomic E-state index is -1.25. The molecule has 3 aromatic rings. The molecule has 8 nitrogen and oxygen atoms in total. The van der Waals surface area contributed by atoms with Crippen LogP contribution >= 0.6 is 11.8 Å². The first-order chi connectivity index (χ1) is 17.3. The summed E-state index contributed by atoms with van der Waals surface area (Å²) < 4.78 is 54.1. The SMILES string of the molecule is Cc1noc(C)c1[C@@H]1C[C@@](C)(c2cc(-c3cnc(F)nc3)c(F)cc2F)N=C(NC(=O)OC(C)(C)C)S1. The highest BCUT2D eigenvalue weighted by Crippen LogP contribution is 2.49. The normalized spacial score (nSPS) is 19.9. The van der Waals surface area contributed by atoms with Gasteiger partial charge in [0.1, 0.15) is 23.0 Å². The molecule has 1 aromatic carbocycles. The van der Waals surface area contributed by atoms with Crippen molar-refractivity contribution in [1.82, 2.24) is 20.4 Å². The van der Waals surface area contributed by atoms with Crippen LogP contribution in [0.4, 0.5) is 18.0 Å². The molecule has 0 saturated heterocycles. The summed E-state index contributed by atoms with van der Waals surface area (Å²) in [5, 5.41) is 6.55. The lowest BCUT2D eigenvalue weighted by molar-refractivity contribution is 0.0564. The maximum absolute atomic E-state index is 15.3. The molecule has 0 bridgehead atoms. The van der Waals surface area contributed by atoms with Crippen molar-refractivity contribution in [1.29, 1.82) is 0 Å². The second kappa shape index (κ2) is 9.81. The van der Waals surface area contributed by atoms with Crippen LogP contribution in [0.3, 0.4) is 0 Å². The van der Waals surface area contributed by atoms with E-state index in [1.807, 2.05) is 0 Å². The largest absolute Gasteiger partial charge is 0.444 e. The zero-order chi connectivity index (χ0) is 27.1. The third-order valence-corrected chi connectivity index (χ3v) is 6.88. The Bertz CT molecular complexity index is 1350. The van der Waals surface area contributed by atoms with E-state index in [0.29, 0.717) is 11.5 Å².